The zero-order chi connectivity index (χ0) is 39.0. The Hall–Kier alpha value is -6.51. The van der Waals surface area contributed by atoms with E-state index in [0.717, 1.165) is 90.6 Å². The molecule has 280 valence electrons. The fraction of sp³-hybridized carbons (Fsp3) is 0.128. The van der Waals surface area contributed by atoms with Gasteiger partial charge in [0.1, 0.15) is 23.0 Å². The molecule has 4 heterocycles. The topological polar surface area (TPSA) is 102 Å². The first-order valence-electron chi connectivity index (χ1n) is 18.0. The van der Waals surface area contributed by atoms with Gasteiger partial charge in [-0.3, -0.25) is 9.98 Å². The SMILES string of the molecule is CC1=N/C(=C\c2ccc(C)[n-]2)C=C1.COc1ccc(C2=CC(c3ccc(OC)cc3)=N/C2=N\c2[n-]c(-c3ccc(OC)cc3)cc2-c2ccc(OC)cc2)cc1.[Zn+2]. The summed E-state index contributed by atoms with van der Waals surface area (Å²) in [6, 6.07) is 37.5. The second kappa shape index (κ2) is 18.4. The van der Waals surface area contributed by atoms with E-state index in [1.165, 1.54) is 0 Å². The molecule has 0 N–H and O–H groups in total. The summed E-state index contributed by atoms with van der Waals surface area (Å²) in [7, 11) is 6.62. The van der Waals surface area contributed by atoms with E-state index in [0.29, 0.717) is 11.7 Å². The zero-order valence-electron chi connectivity index (χ0n) is 32.9. The molecule has 57 heavy (non-hydrogen) atoms. The number of nitrogens with zero attached hydrogens (tertiary/aromatic N) is 5. The molecule has 9 nitrogen and oxygen atoms in total. The molecule has 0 atom stereocenters. The molecule has 0 spiro atoms. The maximum absolute atomic E-state index is 5.39. The predicted molar refractivity (Wildman–Crippen MR) is 226 cm³/mol. The third-order valence-electron chi connectivity index (χ3n) is 9.18. The third kappa shape index (κ3) is 9.66. The van der Waals surface area contributed by atoms with E-state index in [-0.39, 0.29) is 19.5 Å². The summed E-state index contributed by atoms with van der Waals surface area (Å²) < 4.78 is 21.5. The van der Waals surface area contributed by atoms with Crippen LogP contribution in [0.1, 0.15) is 29.4 Å². The molecule has 0 bridgehead atoms. The molecular formula is C47H41N5O4Zn. The van der Waals surface area contributed by atoms with E-state index in [4.69, 9.17) is 33.9 Å². The van der Waals surface area contributed by atoms with E-state index in [1.807, 2.05) is 141 Å². The monoisotopic (exact) mass is 803 g/mol. The number of aliphatic imine (C=N–C) groups is 3. The summed E-state index contributed by atoms with van der Waals surface area (Å²) in [6.45, 7) is 3.97. The summed E-state index contributed by atoms with van der Waals surface area (Å²) >= 11 is 0. The molecule has 0 saturated carbocycles. The smallest absolute Gasteiger partial charge is 0.661 e. The van der Waals surface area contributed by atoms with Gasteiger partial charge in [0.15, 0.2) is 0 Å². The molecular weight excluding hydrogens is 764 g/mol. The summed E-state index contributed by atoms with van der Waals surface area (Å²) in [5.41, 5.74) is 11.3. The van der Waals surface area contributed by atoms with Crippen LogP contribution < -0.4 is 28.9 Å². The van der Waals surface area contributed by atoms with Gasteiger partial charge < -0.3 is 33.9 Å². The molecule has 4 aromatic carbocycles. The van der Waals surface area contributed by atoms with Gasteiger partial charge in [-0.2, -0.15) is 5.69 Å². The molecule has 10 heteroatoms. The van der Waals surface area contributed by atoms with Crippen molar-refractivity contribution in [3.05, 3.63) is 162 Å². The number of ether oxygens (including phenoxy) is 4. The van der Waals surface area contributed by atoms with Crippen molar-refractivity contribution in [3.63, 3.8) is 0 Å². The van der Waals surface area contributed by atoms with Crippen LogP contribution in [-0.2, 0) is 19.5 Å². The number of aryl methyl sites for hydroxylation is 1. The number of allylic oxidation sites excluding steroid dienone is 3. The minimum atomic E-state index is 0. The molecule has 0 saturated heterocycles. The van der Waals surface area contributed by atoms with E-state index in [2.05, 4.69) is 22.1 Å². The van der Waals surface area contributed by atoms with Crippen LogP contribution in [0.5, 0.6) is 23.0 Å². The Kier molecular flexibility index (Phi) is 13.0. The third-order valence-corrected chi connectivity index (χ3v) is 9.18. The molecule has 6 aromatic rings. The largest absolute Gasteiger partial charge is 2.00 e. The molecule has 0 aliphatic carbocycles. The van der Waals surface area contributed by atoms with Gasteiger partial charge >= 0.3 is 19.5 Å². The summed E-state index contributed by atoms with van der Waals surface area (Å²) in [4.78, 5) is 23.7. The molecule has 0 amide bonds. The number of hydrogen-bond acceptors (Lipinski definition) is 6. The van der Waals surface area contributed by atoms with Crippen LogP contribution in [0.2, 0.25) is 0 Å². The first-order valence-corrected chi connectivity index (χ1v) is 18.0. The van der Waals surface area contributed by atoms with Crippen LogP contribution in [0, 0.1) is 6.92 Å². The van der Waals surface area contributed by atoms with Crippen molar-refractivity contribution in [3.8, 4) is 45.4 Å². The van der Waals surface area contributed by atoms with E-state index in [9.17, 15) is 0 Å². The zero-order valence-corrected chi connectivity index (χ0v) is 35.8. The Balaban J connectivity index is 0.000000332. The van der Waals surface area contributed by atoms with Gasteiger partial charge in [0.25, 0.3) is 0 Å². The maximum Gasteiger partial charge on any atom is 2.00 e. The van der Waals surface area contributed by atoms with Crippen LogP contribution >= 0.6 is 0 Å². The number of hydrogen-bond donors (Lipinski definition) is 0. The van der Waals surface area contributed by atoms with Gasteiger partial charge in [-0.05, 0) is 120 Å². The van der Waals surface area contributed by atoms with Crippen LogP contribution in [-0.4, -0.2) is 45.7 Å². The Morgan fingerprint density at radius 3 is 1.58 bits per heavy atom. The van der Waals surface area contributed by atoms with Crippen molar-refractivity contribution in [2.75, 3.05) is 28.4 Å². The average Bonchev–Trinajstić information content (AvgIpc) is 4.06. The first-order chi connectivity index (χ1) is 27.3. The molecule has 2 aromatic heterocycles. The van der Waals surface area contributed by atoms with Crippen molar-refractivity contribution in [1.82, 2.24) is 9.97 Å². The summed E-state index contributed by atoms with van der Waals surface area (Å²) in [6.07, 6.45) is 8.05. The Bertz CT molecular complexity index is 2500. The van der Waals surface area contributed by atoms with Crippen molar-refractivity contribution in [1.29, 1.82) is 0 Å². The van der Waals surface area contributed by atoms with E-state index in [1.54, 1.807) is 28.4 Å². The molecule has 0 radical (unpaired) electrons. The van der Waals surface area contributed by atoms with Crippen LogP contribution in [0.4, 0.5) is 5.82 Å². The second-order valence-electron chi connectivity index (χ2n) is 13.0. The van der Waals surface area contributed by atoms with Gasteiger partial charge in [-0.15, -0.1) is 5.69 Å². The second-order valence-corrected chi connectivity index (χ2v) is 13.0. The van der Waals surface area contributed by atoms with Crippen LogP contribution in [0.15, 0.2) is 154 Å². The quantitative estimate of drug-likeness (QED) is 0.128. The van der Waals surface area contributed by atoms with Gasteiger partial charge in [-0.25, -0.2) is 0 Å². The fourth-order valence-electron chi connectivity index (χ4n) is 6.15. The van der Waals surface area contributed by atoms with Crippen LogP contribution in [0.25, 0.3) is 34.0 Å². The Labute approximate surface area is 346 Å². The molecule has 0 fully saturated rings. The van der Waals surface area contributed by atoms with Crippen molar-refractivity contribution in [2.45, 2.75) is 13.8 Å². The molecule has 2 aliphatic rings. The number of benzene rings is 4. The average molecular weight is 805 g/mol. The standard InChI is InChI=1S/C36H30N3O4.C11H11N2.Zn/c1-40-27-13-5-23(6-14-27)31-21-33(25-9-17-29(42-3)18-10-25)37-35(31)39-36-32(24-7-15-28(41-2)16-8-24)22-34(38-36)26-11-19-30(43-4)20-12-26;1-8-3-5-10(12-8)7-11-6-4-9(2)13-11;/h5-22H,1-4H3;3-7H,1-2H3;/q2*-1;+2/b39-35-;10-7-;. The van der Waals surface area contributed by atoms with Gasteiger partial charge in [0, 0.05) is 16.8 Å². The van der Waals surface area contributed by atoms with Gasteiger partial charge in [0.05, 0.1) is 45.7 Å². The van der Waals surface area contributed by atoms with E-state index < -0.39 is 0 Å². The maximum atomic E-state index is 5.39. The number of aromatic nitrogens is 2. The van der Waals surface area contributed by atoms with Crippen LogP contribution in [0.3, 0.4) is 0 Å². The number of amidine groups is 1. The van der Waals surface area contributed by atoms with Crippen molar-refractivity contribution < 1.29 is 38.4 Å². The number of rotatable bonds is 10. The van der Waals surface area contributed by atoms with Gasteiger partial charge in [0.2, 0.25) is 0 Å². The Morgan fingerprint density at radius 1 is 0.561 bits per heavy atom. The first kappa shape index (κ1) is 40.2. The predicted octanol–water partition coefficient (Wildman–Crippen LogP) is 9.95. The normalized spacial score (nSPS) is 14.3. The minimum Gasteiger partial charge on any atom is -0.661 e. The van der Waals surface area contributed by atoms with Crippen molar-refractivity contribution >= 4 is 34.7 Å². The molecule has 8 rings (SSSR count). The minimum absolute atomic E-state index is 0. The van der Waals surface area contributed by atoms with Crippen molar-refractivity contribution in [2.24, 2.45) is 15.0 Å². The van der Waals surface area contributed by atoms with E-state index >= 15 is 0 Å². The number of methoxy groups -OCH3 is 4. The van der Waals surface area contributed by atoms with Gasteiger partial charge in [-0.1, -0.05) is 67.6 Å². The summed E-state index contributed by atoms with van der Waals surface area (Å²) in [5, 5.41) is 0. The molecule has 2 aliphatic heterocycles. The molecule has 0 unspecified atom stereocenters. The fourth-order valence-corrected chi connectivity index (χ4v) is 6.15. The Morgan fingerprint density at radius 2 is 1.09 bits per heavy atom. The summed E-state index contributed by atoms with van der Waals surface area (Å²) in [5.74, 6) is 4.27.